The number of rotatable bonds is 5. The van der Waals surface area contributed by atoms with E-state index in [-0.39, 0.29) is 5.75 Å². The van der Waals surface area contributed by atoms with Crippen molar-refractivity contribution >= 4 is 11.4 Å². The van der Waals surface area contributed by atoms with Crippen LogP contribution in [0, 0.1) is 0 Å². The fourth-order valence-corrected chi connectivity index (χ4v) is 1.98. The average Bonchev–Trinajstić information content (AvgIpc) is 2.46. The van der Waals surface area contributed by atoms with Gasteiger partial charge in [0.05, 0.1) is 24.7 Å². The van der Waals surface area contributed by atoms with Crippen molar-refractivity contribution in [3.63, 3.8) is 0 Å². The molecule has 0 radical (unpaired) electrons. The Kier molecular flexibility index (Phi) is 4.30. The van der Waals surface area contributed by atoms with E-state index in [9.17, 15) is 5.11 Å². The number of para-hydroxylation sites is 1. The highest BCUT2D eigenvalue weighted by molar-refractivity contribution is 5.68. The summed E-state index contributed by atoms with van der Waals surface area (Å²) < 4.78 is 5.10. The highest BCUT2D eigenvalue weighted by atomic mass is 16.5. The summed E-state index contributed by atoms with van der Waals surface area (Å²) in [6, 6.07) is 7.38. The van der Waals surface area contributed by atoms with Crippen LogP contribution in [0.3, 0.4) is 0 Å². The van der Waals surface area contributed by atoms with Crippen LogP contribution in [0.1, 0.15) is 5.56 Å². The fraction of sp³-hybridized carbons (Fsp3) is 0.267. The summed E-state index contributed by atoms with van der Waals surface area (Å²) in [5.41, 5.74) is 2.74. The Morgan fingerprint density at radius 3 is 2.80 bits per heavy atom. The zero-order valence-corrected chi connectivity index (χ0v) is 11.9. The molecule has 2 aromatic rings. The van der Waals surface area contributed by atoms with E-state index in [1.54, 1.807) is 18.5 Å². The zero-order chi connectivity index (χ0) is 14.5. The molecule has 0 aliphatic carbocycles. The first-order valence-electron chi connectivity index (χ1n) is 6.33. The van der Waals surface area contributed by atoms with Gasteiger partial charge in [-0.2, -0.15) is 0 Å². The molecule has 0 bridgehead atoms. The molecule has 2 N–H and O–H groups in total. The Bertz CT molecular complexity index is 585. The third-order valence-corrected chi connectivity index (χ3v) is 3.05. The van der Waals surface area contributed by atoms with Gasteiger partial charge in [0, 0.05) is 32.4 Å². The lowest BCUT2D eigenvalue weighted by atomic mass is 10.2. The van der Waals surface area contributed by atoms with Crippen molar-refractivity contribution in [2.45, 2.75) is 6.54 Å². The molecule has 0 saturated heterocycles. The second-order valence-corrected chi connectivity index (χ2v) is 4.61. The first-order valence-corrected chi connectivity index (χ1v) is 6.33. The van der Waals surface area contributed by atoms with E-state index >= 15 is 0 Å². The molecule has 1 aromatic carbocycles. The number of phenols is 1. The summed E-state index contributed by atoms with van der Waals surface area (Å²) in [5, 5.41) is 13.3. The Labute approximate surface area is 118 Å². The predicted molar refractivity (Wildman–Crippen MR) is 80.5 cm³/mol. The molecule has 0 atom stereocenters. The smallest absolute Gasteiger partial charge is 0.162 e. The van der Waals surface area contributed by atoms with Crippen molar-refractivity contribution in [3.05, 3.63) is 42.2 Å². The molecule has 106 valence electrons. The average molecular weight is 273 g/mol. The standard InChI is InChI=1S/C15H19N3O2/c1-18(2)13-7-8-16-10-12(13)17-9-11-5-4-6-14(20-3)15(11)19/h4-8,10,17,19H,9H2,1-3H3. The minimum absolute atomic E-state index is 0.165. The van der Waals surface area contributed by atoms with Crippen LogP contribution >= 0.6 is 0 Å². The minimum atomic E-state index is 0.165. The normalized spacial score (nSPS) is 10.2. The number of phenolic OH excluding ortho intramolecular Hbond substituents is 1. The summed E-state index contributed by atoms with van der Waals surface area (Å²) in [7, 11) is 5.49. The van der Waals surface area contributed by atoms with Crippen molar-refractivity contribution in [1.29, 1.82) is 0 Å². The molecule has 0 saturated carbocycles. The van der Waals surface area contributed by atoms with Crippen LogP contribution in [0.15, 0.2) is 36.7 Å². The van der Waals surface area contributed by atoms with Gasteiger partial charge in [0.2, 0.25) is 0 Å². The number of aromatic hydroxyl groups is 1. The Morgan fingerprint density at radius 1 is 1.30 bits per heavy atom. The lowest BCUT2D eigenvalue weighted by molar-refractivity contribution is 0.371. The second-order valence-electron chi connectivity index (χ2n) is 4.61. The molecule has 0 fully saturated rings. The number of aromatic nitrogens is 1. The van der Waals surface area contributed by atoms with Crippen molar-refractivity contribution < 1.29 is 9.84 Å². The van der Waals surface area contributed by atoms with Crippen LogP contribution < -0.4 is 15.0 Å². The van der Waals surface area contributed by atoms with Crippen molar-refractivity contribution in [1.82, 2.24) is 4.98 Å². The molecule has 5 nitrogen and oxygen atoms in total. The van der Waals surface area contributed by atoms with Crippen molar-refractivity contribution in [2.75, 3.05) is 31.4 Å². The zero-order valence-electron chi connectivity index (χ0n) is 11.9. The van der Waals surface area contributed by atoms with E-state index in [2.05, 4.69) is 10.3 Å². The number of nitrogens with zero attached hydrogens (tertiary/aromatic N) is 2. The lowest BCUT2D eigenvalue weighted by Crippen LogP contribution is -2.12. The van der Waals surface area contributed by atoms with Gasteiger partial charge in [0.25, 0.3) is 0 Å². The van der Waals surface area contributed by atoms with Gasteiger partial charge in [-0.3, -0.25) is 4.98 Å². The van der Waals surface area contributed by atoms with Gasteiger partial charge in [-0.25, -0.2) is 0 Å². The maximum Gasteiger partial charge on any atom is 0.162 e. The SMILES string of the molecule is COc1cccc(CNc2cnccc2N(C)C)c1O. The maximum atomic E-state index is 10.1. The van der Waals surface area contributed by atoms with Crippen LogP contribution in [-0.2, 0) is 6.54 Å². The van der Waals surface area contributed by atoms with E-state index in [1.165, 1.54) is 7.11 Å². The third kappa shape index (κ3) is 2.93. The summed E-state index contributed by atoms with van der Waals surface area (Å²) in [4.78, 5) is 6.13. The molecule has 2 rings (SSSR count). The van der Waals surface area contributed by atoms with Gasteiger partial charge in [0.1, 0.15) is 0 Å². The summed E-state index contributed by atoms with van der Waals surface area (Å²) in [6.07, 6.45) is 3.52. The molecule has 1 heterocycles. The van der Waals surface area contributed by atoms with Gasteiger partial charge < -0.3 is 20.1 Å². The number of hydrogen-bond acceptors (Lipinski definition) is 5. The molecule has 0 aliphatic heterocycles. The number of anilines is 2. The Balaban J connectivity index is 2.17. The van der Waals surface area contributed by atoms with Crippen molar-refractivity contribution in [3.8, 4) is 11.5 Å². The number of hydrogen-bond donors (Lipinski definition) is 2. The molecule has 0 amide bonds. The van der Waals surface area contributed by atoms with Gasteiger partial charge in [-0.1, -0.05) is 12.1 Å². The fourth-order valence-electron chi connectivity index (χ4n) is 1.98. The second kappa shape index (κ2) is 6.14. The minimum Gasteiger partial charge on any atom is -0.504 e. The molecule has 0 spiro atoms. The van der Waals surface area contributed by atoms with Gasteiger partial charge >= 0.3 is 0 Å². The van der Waals surface area contributed by atoms with Crippen LogP contribution in [0.25, 0.3) is 0 Å². The van der Waals surface area contributed by atoms with E-state index in [4.69, 9.17) is 4.74 Å². The van der Waals surface area contributed by atoms with Crippen LogP contribution in [0.4, 0.5) is 11.4 Å². The summed E-state index contributed by atoms with van der Waals surface area (Å²) in [6.45, 7) is 0.496. The van der Waals surface area contributed by atoms with Crippen LogP contribution in [-0.4, -0.2) is 31.3 Å². The number of methoxy groups -OCH3 is 1. The molecule has 0 unspecified atom stereocenters. The van der Waals surface area contributed by atoms with E-state index < -0.39 is 0 Å². The number of ether oxygens (including phenoxy) is 1. The molecule has 20 heavy (non-hydrogen) atoms. The van der Waals surface area contributed by atoms with Crippen molar-refractivity contribution in [2.24, 2.45) is 0 Å². The molecule has 0 aliphatic rings. The number of pyridine rings is 1. The number of benzene rings is 1. The largest absolute Gasteiger partial charge is 0.504 e. The first-order chi connectivity index (χ1) is 9.63. The first kappa shape index (κ1) is 14.0. The summed E-state index contributed by atoms with van der Waals surface area (Å²) >= 11 is 0. The molecular weight excluding hydrogens is 254 g/mol. The quantitative estimate of drug-likeness (QED) is 0.876. The van der Waals surface area contributed by atoms with Crippen LogP contribution in [0.5, 0.6) is 11.5 Å². The van der Waals surface area contributed by atoms with Gasteiger partial charge in [-0.15, -0.1) is 0 Å². The lowest BCUT2D eigenvalue weighted by Gasteiger charge is -2.18. The van der Waals surface area contributed by atoms with E-state index in [0.717, 1.165) is 16.9 Å². The van der Waals surface area contributed by atoms with Crippen LogP contribution in [0.2, 0.25) is 0 Å². The van der Waals surface area contributed by atoms with Gasteiger partial charge in [0.15, 0.2) is 11.5 Å². The topological polar surface area (TPSA) is 57.6 Å². The maximum absolute atomic E-state index is 10.1. The molecule has 5 heteroatoms. The Hall–Kier alpha value is -2.43. The number of nitrogens with one attached hydrogen (secondary N) is 1. The Morgan fingerprint density at radius 2 is 2.10 bits per heavy atom. The molecular formula is C15H19N3O2. The summed E-state index contributed by atoms with van der Waals surface area (Å²) in [5.74, 6) is 0.640. The van der Waals surface area contributed by atoms with Gasteiger partial charge in [-0.05, 0) is 12.1 Å². The van der Waals surface area contributed by atoms with E-state index in [0.29, 0.717) is 12.3 Å². The highest BCUT2D eigenvalue weighted by Crippen LogP contribution is 2.30. The monoisotopic (exact) mass is 273 g/mol. The molecule has 1 aromatic heterocycles. The van der Waals surface area contributed by atoms with E-state index in [1.807, 2.05) is 37.2 Å². The third-order valence-electron chi connectivity index (χ3n) is 3.05. The highest BCUT2D eigenvalue weighted by Gasteiger charge is 2.08. The predicted octanol–water partition coefficient (Wildman–Crippen LogP) is 2.47.